The van der Waals surface area contributed by atoms with E-state index in [1.165, 1.54) is 38.5 Å². The Morgan fingerprint density at radius 3 is 1.68 bits per heavy atom. The largest absolute Gasteiger partial charge is 0.466 e. The van der Waals surface area contributed by atoms with E-state index >= 15 is 0 Å². The van der Waals surface area contributed by atoms with Gasteiger partial charge in [-0.05, 0) is 38.5 Å². The molecule has 0 bridgehead atoms. The van der Waals surface area contributed by atoms with Gasteiger partial charge in [0.15, 0.2) is 6.29 Å². The van der Waals surface area contributed by atoms with E-state index in [-0.39, 0.29) is 12.3 Å². The molecular weight excluding hydrogens is 316 g/mol. The molecule has 0 unspecified atom stereocenters. The molecule has 0 aromatic carbocycles. The summed E-state index contributed by atoms with van der Waals surface area (Å²) in [6.45, 7) is 8.42. The predicted octanol–water partition coefficient (Wildman–Crippen LogP) is 6.02. The van der Waals surface area contributed by atoms with Crippen LogP contribution >= 0.6 is 0 Å². The van der Waals surface area contributed by atoms with Crippen molar-refractivity contribution >= 4 is 5.97 Å². The Labute approximate surface area is 156 Å². The molecule has 0 rings (SSSR count). The molecule has 0 amide bonds. The monoisotopic (exact) mass is 358 g/mol. The maximum Gasteiger partial charge on any atom is 0.305 e. The van der Waals surface area contributed by atoms with Gasteiger partial charge in [-0.15, -0.1) is 0 Å². The molecule has 0 atom stereocenters. The fraction of sp³-hybridized carbons (Fsp3) is 0.952. The van der Waals surface area contributed by atoms with E-state index < -0.39 is 0 Å². The first-order valence-corrected chi connectivity index (χ1v) is 10.6. The van der Waals surface area contributed by atoms with Crippen LogP contribution in [0.25, 0.3) is 0 Å². The summed E-state index contributed by atoms with van der Waals surface area (Å²) in [6, 6.07) is 0. The number of carbonyl (C=O) groups is 1. The van der Waals surface area contributed by atoms with E-state index in [0.29, 0.717) is 13.0 Å². The lowest BCUT2D eigenvalue weighted by molar-refractivity contribution is -0.146. The van der Waals surface area contributed by atoms with Crippen molar-refractivity contribution in [1.29, 1.82) is 0 Å². The van der Waals surface area contributed by atoms with Crippen molar-refractivity contribution in [2.75, 3.05) is 19.8 Å². The van der Waals surface area contributed by atoms with Crippen LogP contribution in [0, 0.1) is 0 Å². The molecule has 0 N–H and O–H groups in total. The van der Waals surface area contributed by atoms with Gasteiger partial charge in [0, 0.05) is 19.6 Å². The molecule has 25 heavy (non-hydrogen) atoms. The van der Waals surface area contributed by atoms with Gasteiger partial charge in [0.25, 0.3) is 0 Å². The first-order valence-electron chi connectivity index (χ1n) is 10.6. The number of ether oxygens (including phenoxy) is 3. The van der Waals surface area contributed by atoms with Gasteiger partial charge in [0.1, 0.15) is 0 Å². The lowest BCUT2D eigenvalue weighted by Gasteiger charge is -2.18. The summed E-state index contributed by atoms with van der Waals surface area (Å²) in [5.41, 5.74) is 0. The molecule has 0 spiro atoms. The molecule has 0 saturated heterocycles. The predicted molar refractivity (Wildman–Crippen MR) is 104 cm³/mol. The summed E-state index contributed by atoms with van der Waals surface area (Å²) in [4.78, 5) is 11.4. The van der Waals surface area contributed by atoms with Crippen LogP contribution in [-0.4, -0.2) is 32.1 Å². The Morgan fingerprint density at radius 1 is 0.680 bits per heavy atom. The molecule has 0 saturated carbocycles. The van der Waals surface area contributed by atoms with Crippen LogP contribution in [0.5, 0.6) is 0 Å². The van der Waals surface area contributed by atoms with Crippen molar-refractivity contribution in [3.8, 4) is 0 Å². The van der Waals surface area contributed by atoms with Crippen molar-refractivity contribution in [1.82, 2.24) is 0 Å². The Morgan fingerprint density at radius 2 is 1.16 bits per heavy atom. The maximum atomic E-state index is 11.4. The van der Waals surface area contributed by atoms with Gasteiger partial charge in [-0.25, -0.2) is 0 Å². The van der Waals surface area contributed by atoms with Crippen molar-refractivity contribution < 1.29 is 19.0 Å². The number of carbonyl (C=O) groups excluding carboxylic acids is 1. The lowest BCUT2D eigenvalue weighted by atomic mass is 10.1. The molecule has 0 fully saturated rings. The molecule has 0 aliphatic carbocycles. The highest BCUT2D eigenvalue weighted by Gasteiger charge is 2.08. The first kappa shape index (κ1) is 24.4. The zero-order chi connectivity index (χ0) is 18.6. The first-order chi connectivity index (χ1) is 12.2. The Bertz CT molecular complexity index is 273. The average molecular weight is 359 g/mol. The van der Waals surface area contributed by atoms with Gasteiger partial charge >= 0.3 is 5.97 Å². The third kappa shape index (κ3) is 18.0. The minimum Gasteiger partial charge on any atom is -0.466 e. The number of rotatable bonds is 19. The minimum absolute atomic E-state index is 0.00707. The quantitative estimate of drug-likeness (QED) is 0.161. The van der Waals surface area contributed by atoms with Gasteiger partial charge in [-0.1, -0.05) is 59.3 Å². The second kappa shape index (κ2) is 19.7. The van der Waals surface area contributed by atoms with Crippen molar-refractivity contribution in [2.24, 2.45) is 0 Å². The van der Waals surface area contributed by atoms with Crippen LogP contribution in [0.15, 0.2) is 0 Å². The van der Waals surface area contributed by atoms with Crippen LogP contribution < -0.4 is 0 Å². The highest BCUT2D eigenvalue weighted by molar-refractivity contribution is 5.69. The number of esters is 1. The van der Waals surface area contributed by atoms with Crippen LogP contribution in [0.2, 0.25) is 0 Å². The summed E-state index contributed by atoms with van der Waals surface area (Å²) in [5.74, 6) is -0.0352. The second-order valence-electron chi connectivity index (χ2n) is 6.76. The van der Waals surface area contributed by atoms with Crippen LogP contribution in [0.4, 0.5) is 0 Å². The Hall–Kier alpha value is -0.610. The lowest BCUT2D eigenvalue weighted by Crippen LogP contribution is -2.18. The SMILES string of the molecule is CCCOC(=O)CCCCCCCCCCC(OCCC)OCCC. The zero-order valence-electron chi connectivity index (χ0n) is 17.0. The summed E-state index contributed by atoms with van der Waals surface area (Å²) >= 11 is 0. The van der Waals surface area contributed by atoms with E-state index in [1.807, 2.05) is 6.92 Å². The third-order valence-electron chi connectivity index (χ3n) is 4.05. The highest BCUT2D eigenvalue weighted by Crippen LogP contribution is 2.13. The van der Waals surface area contributed by atoms with Crippen molar-refractivity contribution in [3.63, 3.8) is 0 Å². The standard InChI is InChI=1S/C21H42O4/c1-4-17-23-20(22)15-13-11-9-7-8-10-12-14-16-21(24-18-5-2)25-19-6-3/h21H,4-19H2,1-3H3. The number of hydrogen-bond acceptors (Lipinski definition) is 4. The van der Waals surface area contributed by atoms with Crippen LogP contribution in [-0.2, 0) is 19.0 Å². The van der Waals surface area contributed by atoms with Gasteiger partial charge in [0.05, 0.1) is 6.61 Å². The van der Waals surface area contributed by atoms with E-state index in [2.05, 4.69) is 13.8 Å². The Kier molecular flexibility index (Phi) is 19.2. The Balaban J connectivity index is 3.39. The zero-order valence-corrected chi connectivity index (χ0v) is 17.0. The highest BCUT2D eigenvalue weighted by atomic mass is 16.7. The molecule has 0 aliphatic rings. The van der Waals surface area contributed by atoms with Gasteiger partial charge in [0.2, 0.25) is 0 Å². The minimum atomic E-state index is -0.0352. The van der Waals surface area contributed by atoms with Crippen molar-refractivity contribution in [3.05, 3.63) is 0 Å². The molecule has 4 heteroatoms. The van der Waals surface area contributed by atoms with Crippen LogP contribution in [0.3, 0.4) is 0 Å². The van der Waals surface area contributed by atoms with Gasteiger partial charge in [-0.2, -0.15) is 0 Å². The molecule has 0 aliphatic heterocycles. The summed E-state index contributed by atoms with van der Waals surface area (Å²) in [7, 11) is 0. The molecule has 0 radical (unpaired) electrons. The normalized spacial score (nSPS) is 11.2. The molecule has 4 nitrogen and oxygen atoms in total. The topological polar surface area (TPSA) is 44.8 Å². The third-order valence-corrected chi connectivity index (χ3v) is 4.05. The van der Waals surface area contributed by atoms with Crippen LogP contribution in [0.1, 0.15) is 104 Å². The van der Waals surface area contributed by atoms with E-state index in [1.54, 1.807) is 0 Å². The van der Waals surface area contributed by atoms with Crippen molar-refractivity contribution in [2.45, 2.75) is 111 Å². The van der Waals surface area contributed by atoms with E-state index in [4.69, 9.17) is 14.2 Å². The van der Waals surface area contributed by atoms with Gasteiger partial charge < -0.3 is 14.2 Å². The summed E-state index contributed by atoms with van der Waals surface area (Å²) < 4.78 is 16.6. The summed E-state index contributed by atoms with van der Waals surface area (Å²) in [6.07, 6.45) is 14.2. The fourth-order valence-corrected chi connectivity index (χ4v) is 2.64. The van der Waals surface area contributed by atoms with E-state index in [0.717, 1.165) is 51.7 Å². The molecule has 0 aromatic rings. The summed E-state index contributed by atoms with van der Waals surface area (Å²) in [5, 5.41) is 0. The molecule has 150 valence electrons. The molecule has 0 aromatic heterocycles. The number of unbranched alkanes of at least 4 members (excludes halogenated alkanes) is 7. The second-order valence-corrected chi connectivity index (χ2v) is 6.76. The number of hydrogen-bond donors (Lipinski definition) is 0. The fourth-order valence-electron chi connectivity index (χ4n) is 2.64. The average Bonchev–Trinajstić information content (AvgIpc) is 2.62. The molecule has 0 heterocycles. The smallest absolute Gasteiger partial charge is 0.305 e. The van der Waals surface area contributed by atoms with Gasteiger partial charge in [-0.3, -0.25) is 4.79 Å². The molecular formula is C21H42O4. The van der Waals surface area contributed by atoms with E-state index in [9.17, 15) is 4.79 Å². The maximum absolute atomic E-state index is 11.4.